The number of carbonyl (C=O) groups is 2. The first-order chi connectivity index (χ1) is 13.3. The molecule has 2 aromatic rings. The van der Waals surface area contributed by atoms with Crippen LogP contribution in [0, 0.1) is 0 Å². The van der Waals surface area contributed by atoms with Crippen molar-refractivity contribution in [3.8, 4) is 10.6 Å². The van der Waals surface area contributed by atoms with Crippen LogP contribution in [-0.2, 0) is 4.79 Å². The van der Waals surface area contributed by atoms with Gasteiger partial charge in [0.05, 0.1) is 4.88 Å². The molecule has 154 valence electrons. The second-order valence-electron chi connectivity index (χ2n) is 6.01. The minimum absolute atomic E-state index is 0.168. The van der Waals surface area contributed by atoms with Gasteiger partial charge in [-0.25, -0.2) is 4.79 Å². The van der Waals surface area contributed by atoms with Crippen molar-refractivity contribution in [2.24, 2.45) is 0 Å². The molecule has 1 aliphatic heterocycles. The smallest absolute Gasteiger partial charge is 0.475 e. The normalized spacial score (nSPS) is 14.8. The molecule has 28 heavy (non-hydrogen) atoms. The van der Waals surface area contributed by atoms with E-state index in [-0.39, 0.29) is 5.91 Å². The maximum Gasteiger partial charge on any atom is 0.490 e. The Kier molecular flexibility index (Phi) is 8.00. The van der Waals surface area contributed by atoms with Crippen LogP contribution in [0.15, 0.2) is 28.1 Å². The Morgan fingerprint density at radius 1 is 1.29 bits per heavy atom. The van der Waals surface area contributed by atoms with Crippen molar-refractivity contribution < 1.29 is 32.4 Å². The van der Waals surface area contributed by atoms with E-state index in [1.165, 1.54) is 19.3 Å². The number of piperidine rings is 1. The minimum Gasteiger partial charge on any atom is -0.475 e. The van der Waals surface area contributed by atoms with Crippen LogP contribution in [0.3, 0.4) is 0 Å². The molecule has 1 aliphatic rings. The van der Waals surface area contributed by atoms with Crippen LogP contribution in [0.2, 0.25) is 0 Å². The van der Waals surface area contributed by atoms with Crippen LogP contribution in [-0.4, -0.2) is 59.4 Å². The van der Waals surface area contributed by atoms with E-state index in [0.717, 1.165) is 24.5 Å². The van der Waals surface area contributed by atoms with E-state index < -0.39 is 12.1 Å². The van der Waals surface area contributed by atoms with Gasteiger partial charge in [0.25, 0.3) is 5.91 Å². The van der Waals surface area contributed by atoms with Crippen LogP contribution in [0.1, 0.15) is 29.8 Å². The second kappa shape index (κ2) is 10.2. The van der Waals surface area contributed by atoms with Crippen LogP contribution in [0.4, 0.5) is 13.2 Å². The third kappa shape index (κ3) is 6.97. The summed E-state index contributed by atoms with van der Waals surface area (Å²) in [6.07, 6.45) is -1.23. The fraction of sp³-hybridized carbons (Fsp3) is 0.471. The van der Waals surface area contributed by atoms with Gasteiger partial charge >= 0.3 is 12.1 Å². The molecule has 2 aromatic heterocycles. The van der Waals surface area contributed by atoms with E-state index in [0.29, 0.717) is 18.0 Å². The van der Waals surface area contributed by atoms with Gasteiger partial charge in [-0.15, -0.1) is 11.3 Å². The predicted octanol–water partition coefficient (Wildman–Crippen LogP) is 3.25. The van der Waals surface area contributed by atoms with Gasteiger partial charge in [-0.1, -0.05) is 17.6 Å². The molecule has 3 heterocycles. The first kappa shape index (κ1) is 21.9. The van der Waals surface area contributed by atoms with E-state index in [1.54, 1.807) is 17.4 Å². The van der Waals surface area contributed by atoms with E-state index in [9.17, 15) is 18.0 Å². The van der Waals surface area contributed by atoms with E-state index in [1.807, 2.05) is 17.5 Å². The van der Waals surface area contributed by atoms with Gasteiger partial charge < -0.3 is 19.8 Å². The van der Waals surface area contributed by atoms with Crippen LogP contribution < -0.4 is 5.32 Å². The van der Waals surface area contributed by atoms with Crippen molar-refractivity contribution in [1.29, 1.82) is 0 Å². The Hall–Kier alpha value is -2.40. The summed E-state index contributed by atoms with van der Waals surface area (Å²) in [7, 11) is 0. The molecule has 2 N–H and O–H groups in total. The number of rotatable bonds is 5. The number of amides is 1. The highest BCUT2D eigenvalue weighted by molar-refractivity contribution is 7.13. The van der Waals surface area contributed by atoms with E-state index in [4.69, 9.17) is 14.4 Å². The molecular formula is C17H20F3N3O4S. The van der Waals surface area contributed by atoms with Gasteiger partial charge in [0, 0.05) is 19.2 Å². The molecular weight excluding hydrogens is 399 g/mol. The Morgan fingerprint density at radius 2 is 1.96 bits per heavy atom. The fourth-order valence-electron chi connectivity index (χ4n) is 2.52. The number of nitrogens with one attached hydrogen (secondary N) is 1. The molecule has 0 saturated carbocycles. The number of thiophene rings is 1. The van der Waals surface area contributed by atoms with Gasteiger partial charge in [-0.3, -0.25) is 4.79 Å². The molecule has 0 radical (unpaired) electrons. The second-order valence-corrected chi connectivity index (χ2v) is 6.96. The number of carboxylic acid groups (broad SMARTS) is 1. The molecule has 1 saturated heterocycles. The lowest BCUT2D eigenvalue weighted by Crippen LogP contribution is -2.37. The summed E-state index contributed by atoms with van der Waals surface area (Å²) in [6, 6.07) is 5.59. The molecule has 3 rings (SSSR count). The largest absolute Gasteiger partial charge is 0.490 e. The first-order valence-electron chi connectivity index (χ1n) is 8.58. The zero-order valence-electron chi connectivity index (χ0n) is 14.9. The Morgan fingerprint density at radius 3 is 2.54 bits per heavy atom. The zero-order chi connectivity index (χ0) is 20.6. The number of carbonyl (C=O) groups excluding carboxylic acids is 1. The highest BCUT2D eigenvalue weighted by atomic mass is 32.1. The average molecular weight is 419 g/mol. The van der Waals surface area contributed by atoms with Gasteiger partial charge in [0.15, 0.2) is 11.5 Å². The van der Waals surface area contributed by atoms with Crippen molar-refractivity contribution in [2.75, 3.05) is 26.2 Å². The number of likely N-dealkylation sites (tertiary alicyclic amines) is 1. The number of hydrogen-bond acceptors (Lipinski definition) is 6. The summed E-state index contributed by atoms with van der Waals surface area (Å²) in [5, 5.41) is 15.8. The summed E-state index contributed by atoms with van der Waals surface area (Å²) in [4.78, 5) is 24.3. The summed E-state index contributed by atoms with van der Waals surface area (Å²) in [6.45, 7) is 3.84. The first-order valence-corrected chi connectivity index (χ1v) is 9.46. The molecule has 1 fully saturated rings. The molecule has 0 atom stereocenters. The lowest BCUT2D eigenvalue weighted by molar-refractivity contribution is -0.192. The van der Waals surface area contributed by atoms with Crippen LogP contribution >= 0.6 is 11.3 Å². The van der Waals surface area contributed by atoms with Crippen molar-refractivity contribution in [3.63, 3.8) is 0 Å². The maximum absolute atomic E-state index is 12.0. The third-order valence-corrected chi connectivity index (χ3v) is 4.80. The lowest BCUT2D eigenvalue weighted by atomic mass is 10.1. The standard InChI is InChI=1S/C15H19N3O2S.C2HF3O2/c19-15(16-6-9-18-7-2-1-3-8-18)12-11-13(20-17-12)14-5-4-10-21-14;3-2(4,5)1(6)7/h4-5,10-11H,1-3,6-9H2,(H,16,19);(H,6,7). The number of carboxylic acids is 1. The van der Waals surface area contributed by atoms with Crippen LogP contribution in [0.25, 0.3) is 10.6 Å². The zero-order valence-corrected chi connectivity index (χ0v) is 15.7. The molecule has 0 spiro atoms. The van der Waals surface area contributed by atoms with Crippen molar-refractivity contribution >= 4 is 23.2 Å². The Balaban J connectivity index is 0.000000345. The molecule has 1 amide bonds. The van der Waals surface area contributed by atoms with Gasteiger partial charge in [0.1, 0.15) is 0 Å². The molecule has 0 unspecified atom stereocenters. The lowest BCUT2D eigenvalue weighted by Gasteiger charge is -2.26. The molecule has 11 heteroatoms. The molecule has 7 nitrogen and oxygen atoms in total. The number of hydrogen-bond donors (Lipinski definition) is 2. The van der Waals surface area contributed by atoms with Crippen molar-refractivity contribution in [3.05, 3.63) is 29.3 Å². The summed E-state index contributed by atoms with van der Waals surface area (Å²) >= 11 is 1.57. The van der Waals surface area contributed by atoms with E-state index >= 15 is 0 Å². The monoisotopic (exact) mass is 419 g/mol. The highest BCUT2D eigenvalue weighted by Crippen LogP contribution is 2.25. The fourth-order valence-corrected chi connectivity index (χ4v) is 3.19. The molecule has 0 aliphatic carbocycles. The number of halogens is 3. The van der Waals surface area contributed by atoms with Crippen LogP contribution in [0.5, 0.6) is 0 Å². The molecule has 0 bridgehead atoms. The summed E-state index contributed by atoms with van der Waals surface area (Å²) < 4.78 is 37.0. The van der Waals surface area contributed by atoms with Gasteiger partial charge in [0.2, 0.25) is 0 Å². The van der Waals surface area contributed by atoms with Gasteiger partial charge in [-0.2, -0.15) is 13.2 Å². The van der Waals surface area contributed by atoms with Gasteiger partial charge in [-0.05, 0) is 37.4 Å². The Bertz CT molecular complexity index is 756. The average Bonchev–Trinajstić information content (AvgIpc) is 3.34. The number of nitrogens with zero attached hydrogens (tertiary/aromatic N) is 2. The SMILES string of the molecule is O=C(NCCN1CCCCC1)c1cc(-c2cccs2)on1.O=C(O)C(F)(F)F. The van der Waals surface area contributed by atoms with E-state index in [2.05, 4.69) is 15.4 Å². The maximum atomic E-state index is 12.0. The number of aliphatic carboxylic acids is 1. The van der Waals surface area contributed by atoms with Crippen molar-refractivity contribution in [1.82, 2.24) is 15.4 Å². The number of alkyl halides is 3. The summed E-state index contributed by atoms with van der Waals surface area (Å²) in [5.41, 5.74) is 0.344. The Labute approximate surface area is 163 Å². The topological polar surface area (TPSA) is 95.7 Å². The highest BCUT2D eigenvalue weighted by Gasteiger charge is 2.38. The minimum atomic E-state index is -5.08. The summed E-state index contributed by atoms with van der Waals surface area (Å²) in [5.74, 6) is -2.28. The van der Waals surface area contributed by atoms with Crippen molar-refractivity contribution in [2.45, 2.75) is 25.4 Å². The molecule has 0 aromatic carbocycles. The number of aromatic nitrogens is 1. The third-order valence-electron chi connectivity index (χ3n) is 3.91. The predicted molar refractivity (Wildman–Crippen MR) is 96.1 cm³/mol. The quantitative estimate of drug-likeness (QED) is 0.773.